The molecule has 1 aliphatic rings. The van der Waals surface area contributed by atoms with E-state index < -0.39 is 0 Å². The summed E-state index contributed by atoms with van der Waals surface area (Å²) in [7, 11) is 0. The molecule has 1 N–H and O–H groups in total. The van der Waals surface area contributed by atoms with E-state index in [4.69, 9.17) is 4.74 Å². The van der Waals surface area contributed by atoms with E-state index in [0.717, 1.165) is 37.8 Å². The average molecular weight is 269 g/mol. The van der Waals surface area contributed by atoms with Crippen molar-refractivity contribution in [2.24, 2.45) is 0 Å². The first-order valence-corrected chi connectivity index (χ1v) is 7.58. The van der Waals surface area contributed by atoms with Crippen LogP contribution < -0.4 is 5.32 Å². The first kappa shape index (κ1) is 13.8. The predicted octanol–water partition coefficient (Wildman–Crippen LogP) is 2.57. The van der Waals surface area contributed by atoms with Crippen LogP contribution in [0, 0.1) is 0 Å². The van der Waals surface area contributed by atoms with E-state index in [9.17, 15) is 0 Å². The lowest BCUT2D eigenvalue weighted by Gasteiger charge is -2.37. The minimum Gasteiger partial charge on any atom is -0.376 e. The zero-order valence-electron chi connectivity index (χ0n) is 11.5. The molecule has 0 spiro atoms. The molecular formula is C13H23N3OS. The van der Waals surface area contributed by atoms with Crippen LogP contribution in [0.2, 0.25) is 0 Å². The lowest BCUT2D eigenvalue weighted by atomic mass is 10.1. The lowest BCUT2D eigenvalue weighted by molar-refractivity contribution is -0.0588. The Balaban J connectivity index is 1.96. The van der Waals surface area contributed by atoms with Crippen molar-refractivity contribution in [3.8, 4) is 0 Å². The van der Waals surface area contributed by atoms with Gasteiger partial charge in [-0.05, 0) is 20.3 Å². The Morgan fingerprint density at radius 2 is 2.39 bits per heavy atom. The van der Waals surface area contributed by atoms with Gasteiger partial charge in [-0.2, -0.15) is 0 Å². The van der Waals surface area contributed by atoms with Crippen LogP contribution in [0.15, 0.2) is 6.20 Å². The monoisotopic (exact) mass is 269 g/mol. The SMILES string of the molecule is CCNc1ncc(CN2CC(C)OCC2CC)s1. The van der Waals surface area contributed by atoms with Crippen LogP contribution in [0.4, 0.5) is 5.13 Å². The van der Waals surface area contributed by atoms with Gasteiger partial charge in [-0.25, -0.2) is 4.98 Å². The Bertz CT molecular complexity index is 369. The summed E-state index contributed by atoms with van der Waals surface area (Å²) in [6.07, 6.45) is 3.48. The number of aromatic nitrogens is 1. The number of nitrogens with zero attached hydrogens (tertiary/aromatic N) is 2. The molecule has 5 heteroatoms. The van der Waals surface area contributed by atoms with E-state index in [1.54, 1.807) is 11.3 Å². The summed E-state index contributed by atoms with van der Waals surface area (Å²) in [5.74, 6) is 0. The molecule has 2 atom stereocenters. The highest BCUT2D eigenvalue weighted by atomic mass is 32.1. The Kier molecular flexibility index (Phi) is 4.97. The Morgan fingerprint density at radius 3 is 3.11 bits per heavy atom. The molecule has 0 aromatic carbocycles. The van der Waals surface area contributed by atoms with Crippen LogP contribution in [0.25, 0.3) is 0 Å². The van der Waals surface area contributed by atoms with Crippen LogP contribution in [0.5, 0.6) is 0 Å². The molecule has 0 aliphatic carbocycles. The smallest absolute Gasteiger partial charge is 0.182 e. The largest absolute Gasteiger partial charge is 0.376 e. The number of anilines is 1. The van der Waals surface area contributed by atoms with Gasteiger partial charge in [-0.15, -0.1) is 11.3 Å². The molecule has 2 rings (SSSR count). The summed E-state index contributed by atoms with van der Waals surface area (Å²) in [6.45, 7) is 10.3. The fourth-order valence-corrected chi connectivity index (χ4v) is 3.20. The molecule has 1 aromatic heterocycles. The number of hydrogen-bond donors (Lipinski definition) is 1. The van der Waals surface area contributed by atoms with Crippen LogP contribution in [-0.2, 0) is 11.3 Å². The fraction of sp³-hybridized carbons (Fsp3) is 0.769. The molecule has 1 aromatic rings. The van der Waals surface area contributed by atoms with Crippen LogP contribution in [0.1, 0.15) is 32.1 Å². The molecule has 1 aliphatic heterocycles. The Morgan fingerprint density at radius 1 is 1.56 bits per heavy atom. The first-order chi connectivity index (χ1) is 8.72. The number of rotatable bonds is 5. The standard InChI is InChI=1S/C13H23N3OS/c1-4-11-9-17-10(3)7-16(11)8-12-6-15-13(18-12)14-5-2/h6,10-11H,4-5,7-9H2,1-3H3,(H,14,15). The zero-order valence-corrected chi connectivity index (χ0v) is 12.3. The first-order valence-electron chi connectivity index (χ1n) is 6.77. The molecule has 1 fully saturated rings. The van der Waals surface area contributed by atoms with Crippen molar-refractivity contribution in [1.29, 1.82) is 0 Å². The van der Waals surface area contributed by atoms with Gasteiger partial charge in [0.1, 0.15) is 0 Å². The van der Waals surface area contributed by atoms with Crippen molar-refractivity contribution < 1.29 is 4.74 Å². The highest BCUT2D eigenvalue weighted by Gasteiger charge is 2.25. The van der Waals surface area contributed by atoms with Crippen molar-refractivity contribution in [1.82, 2.24) is 9.88 Å². The molecule has 0 saturated carbocycles. The molecule has 1 saturated heterocycles. The van der Waals surface area contributed by atoms with Crippen LogP contribution in [-0.4, -0.2) is 41.7 Å². The molecule has 18 heavy (non-hydrogen) atoms. The van der Waals surface area contributed by atoms with Gasteiger partial charge in [0.25, 0.3) is 0 Å². The summed E-state index contributed by atoms with van der Waals surface area (Å²) < 4.78 is 5.73. The van der Waals surface area contributed by atoms with Gasteiger partial charge < -0.3 is 10.1 Å². The number of nitrogens with one attached hydrogen (secondary N) is 1. The fourth-order valence-electron chi connectivity index (χ4n) is 2.30. The van der Waals surface area contributed by atoms with Crippen molar-refractivity contribution in [3.05, 3.63) is 11.1 Å². The third kappa shape index (κ3) is 3.43. The predicted molar refractivity (Wildman–Crippen MR) is 76.2 cm³/mol. The molecule has 4 nitrogen and oxygen atoms in total. The summed E-state index contributed by atoms with van der Waals surface area (Å²) in [5, 5.41) is 4.29. The quantitative estimate of drug-likeness (QED) is 0.891. The molecule has 102 valence electrons. The second kappa shape index (κ2) is 6.50. The van der Waals surface area contributed by atoms with E-state index in [-0.39, 0.29) is 0 Å². The second-order valence-electron chi connectivity index (χ2n) is 4.80. The maximum absolute atomic E-state index is 5.73. The van der Waals surface area contributed by atoms with Crippen LogP contribution >= 0.6 is 11.3 Å². The normalized spacial score (nSPS) is 25.3. The van der Waals surface area contributed by atoms with E-state index in [1.165, 1.54) is 4.88 Å². The lowest BCUT2D eigenvalue weighted by Crippen LogP contribution is -2.47. The number of hydrogen-bond acceptors (Lipinski definition) is 5. The Labute approximate surface area is 113 Å². The maximum Gasteiger partial charge on any atom is 0.182 e. The highest BCUT2D eigenvalue weighted by molar-refractivity contribution is 7.15. The molecule has 0 radical (unpaired) electrons. The molecular weight excluding hydrogens is 246 g/mol. The maximum atomic E-state index is 5.73. The summed E-state index contributed by atoms with van der Waals surface area (Å²) in [4.78, 5) is 8.25. The average Bonchev–Trinajstić information content (AvgIpc) is 2.77. The van der Waals surface area contributed by atoms with Crippen LogP contribution in [0.3, 0.4) is 0 Å². The molecule has 2 heterocycles. The van der Waals surface area contributed by atoms with Gasteiger partial charge in [0, 0.05) is 36.8 Å². The Hall–Kier alpha value is -0.650. The molecule has 2 unspecified atom stereocenters. The van der Waals surface area contributed by atoms with Crippen molar-refractivity contribution in [3.63, 3.8) is 0 Å². The topological polar surface area (TPSA) is 37.4 Å². The van der Waals surface area contributed by atoms with E-state index >= 15 is 0 Å². The van der Waals surface area contributed by atoms with Gasteiger partial charge in [0.2, 0.25) is 0 Å². The summed E-state index contributed by atoms with van der Waals surface area (Å²) in [5.41, 5.74) is 0. The minimum atomic E-state index is 0.342. The third-order valence-corrected chi connectivity index (χ3v) is 4.23. The highest BCUT2D eigenvalue weighted by Crippen LogP contribution is 2.23. The van der Waals surface area contributed by atoms with Gasteiger partial charge in [0.05, 0.1) is 12.7 Å². The second-order valence-corrected chi connectivity index (χ2v) is 5.91. The summed E-state index contributed by atoms with van der Waals surface area (Å²) in [6, 6.07) is 0.547. The van der Waals surface area contributed by atoms with E-state index in [2.05, 4.69) is 36.0 Å². The van der Waals surface area contributed by atoms with Crippen molar-refractivity contribution in [2.75, 3.05) is 25.0 Å². The van der Waals surface area contributed by atoms with Gasteiger partial charge in [-0.3, -0.25) is 4.90 Å². The number of ether oxygens (including phenoxy) is 1. The van der Waals surface area contributed by atoms with Gasteiger partial charge in [-0.1, -0.05) is 6.92 Å². The van der Waals surface area contributed by atoms with Crippen molar-refractivity contribution >= 4 is 16.5 Å². The minimum absolute atomic E-state index is 0.342. The molecule has 0 bridgehead atoms. The third-order valence-electron chi connectivity index (χ3n) is 3.29. The molecule has 0 amide bonds. The van der Waals surface area contributed by atoms with Gasteiger partial charge >= 0.3 is 0 Å². The van der Waals surface area contributed by atoms with E-state index in [1.807, 2.05) is 6.20 Å². The summed E-state index contributed by atoms with van der Waals surface area (Å²) >= 11 is 1.76. The zero-order chi connectivity index (χ0) is 13.0. The number of thiazole rings is 1. The van der Waals surface area contributed by atoms with Crippen molar-refractivity contribution in [2.45, 2.75) is 45.9 Å². The van der Waals surface area contributed by atoms with E-state index in [0.29, 0.717) is 12.1 Å². The van der Waals surface area contributed by atoms with Gasteiger partial charge in [0.15, 0.2) is 5.13 Å². The number of morpholine rings is 1.